The standard InChI is InChI=1S/C49H36N3OPS/c53-49(35-17-5-1-6-18-35,43-25-13-14-26-44(43)50-37-19-7-2-8-20-37)36-29-31-47-41(33-36)42-34-40(30-32-48(42)55-47)54-51(38-21-9-3-10-22-38)45-27-15-16-28-46(45)52(54)39-23-11-4-12-24-39/h1-34,50,53H. The van der Waals surface area contributed by atoms with Gasteiger partial charge in [-0.25, -0.2) is 0 Å². The number of nitrogens with zero attached hydrogens (tertiary/aromatic N) is 2. The molecular formula is C49H36N3OPS. The van der Waals surface area contributed by atoms with Crippen molar-refractivity contribution < 1.29 is 5.11 Å². The fraction of sp³-hybridized carbons (Fsp3) is 0.0204. The number of aliphatic hydroxyl groups is 1. The van der Waals surface area contributed by atoms with Crippen LogP contribution in [0.15, 0.2) is 206 Å². The van der Waals surface area contributed by atoms with Gasteiger partial charge in [-0.3, -0.25) is 9.34 Å². The average Bonchev–Trinajstić information content (AvgIpc) is 3.80. The predicted octanol–water partition coefficient (Wildman–Crippen LogP) is 13.0. The van der Waals surface area contributed by atoms with Crippen molar-refractivity contribution in [2.75, 3.05) is 14.7 Å². The van der Waals surface area contributed by atoms with Gasteiger partial charge in [0.25, 0.3) is 0 Å². The first-order valence-electron chi connectivity index (χ1n) is 18.4. The quantitative estimate of drug-likeness (QED) is 0.120. The molecule has 4 nitrogen and oxygen atoms in total. The number of benzene rings is 8. The van der Waals surface area contributed by atoms with Gasteiger partial charge < -0.3 is 10.4 Å². The highest BCUT2D eigenvalue weighted by atomic mass is 32.1. The molecule has 1 aromatic heterocycles. The minimum absolute atomic E-state index is 0.786. The van der Waals surface area contributed by atoms with Crippen molar-refractivity contribution in [3.8, 4) is 0 Å². The first kappa shape index (κ1) is 33.3. The molecule has 0 fully saturated rings. The summed E-state index contributed by atoms with van der Waals surface area (Å²) in [6, 6.07) is 71.9. The van der Waals surface area contributed by atoms with E-state index in [0.717, 1.165) is 44.8 Å². The first-order chi connectivity index (χ1) is 27.2. The van der Waals surface area contributed by atoms with Crippen LogP contribution in [0.3, 0.4) is 0 Å². The fourth-order valence-corrected chi connectivity index (χ4v) is 11.4. The Morgan fingerprint density at radius 3 is 1.62 bits per heavy atom. The molecule has 0 saturated heterocycles. The Morgan fingerprint density at radius 2 is 0.982 bits per heavy atom. The second-order valence-corrected chi connectivity index (χ2v) is 16.7. The van der Waals surface area contributed by atoms with E-state index in [-0.39, 0.29) is 0 Å². The molecule has 0 amide bonds. The topological polar surface area (TPSA) is 38.7 Å². The van der Waals surface area contributed by atoms with Crippen LogP contribution < -0.4 is 20.0 Å². The van der Waals surface area contributed by atoms with Gasteiger partial charge in [0.15, 0.2) is 0 Å². The van der Waals surface area contributed by atoms with E-state index in [1.165, 1.54) is 31.5 Å². The summed E-state index contributed by atoms with van der Waals surface area (Å²) < 4.78 is 7.44. The third kappa shape index (κ3) is 5.76. The fourth-order valence-electron chi connectivity index (χ4n) is 7.84. The zero-order valence-electron chi connectivity index (χ0n) is 29.8. The van der Waals surface area contributed by atoms with Crippen molar-refractivity contribution >= 4 is 79.2 Å². The van der Waals surface area contributed by atoms with Crippen LogP contribution in [0.4, 0.5) is 34.1 Å². The summed E-state index contributed by atoms with van der Waals surface area (Å²) in [4.78, 5) is 0. The largest absolute Gasteiger partial charge is 0.376 e. The minimum atomic E-state index is -1.44. The highest BCUT2D eigenvalue weighted by Crippen LogP contribution is 2.65. The summed E-state index contributed by atoms with van der Waals surface area (Å²) in [5, 5.41) is 20.4. The van der Waals surface area contributed by atoms with Gasteiger partial charge in [0.1, 0.15) is 13.8 Å². The van der Waals surface area contributed by atoms with Gasteiger partial charge >= 0.3 is 0 Å². The molecule has 1 atom stereocenters. The lowest BCUT2D eigenvalue weighted by atomic mass is 9.79. The number of anilines is 6. The van der Waals surface area contributed by atoms with E-state index < -0.39 is 13.8 Å². The Hall–Kier alpha value is -6.23. The Labute approximate surface area is 326 Å². The Kier molecular flexibility index (Phi) is 8.41. The molecule has 1 unspecified atom stereocenters. The maximum Gasteiger partial charge on any atom is 0.142 e. The molecule has 0 radical (unpaired) electrons. The molecule has 9 aromatic rings. The van der Waals surface area contributed by atoms with Gasteiger partial charge in [-0.15, -0.1) is 11.3 Å². The van der Waals surface area contributed by atoms with E-state index in [4.69, 9.17) is 0 Å². The van der Waals surface area contributed by atoms with Crippen molar-refractivity contribution in [1.82, 2.24) is 0 Å². The molecule has 0 bridgehead atoms. The molecule has 264 valence electrons. The monoisotopic (exact) mass is 745 g/mol. The van der Waals surface area contributed by atoms with Crippen molar-refractivity contribution in [2.24, 2.45) is 0 Å². The maximum absolute atomic E-state index is 13.3. The highest BCUT2D eigenvalue weighted by Gasteiger charge is 2.40. The normalized spacial score (nSPS) is 13.9. The number of para-hydroxylation sites is 6. The summed E-state index contributed by atoms with van der Waals surface area (Å²) in [5.74, 6) is 0. The lowest BCUT2D eigenvalue weighted by molar-refractivity contribution is 0.126. The number of thiophene rings is 1. The highest BCUT2D eigenvalue weighted by molar-refractivity contribution is 7.70. The van der Waals surface area contributed by atoms with Crippen LogP contribution in [-0.2, 0) is 5.60 Å². The van der Waals surface area contributed by atoms with Gasteiger partial charge in [0.2, 0.25) is 0 Å². The average molecular weight is 746 g/mol. The molecule has 2 heterocycles. The van der Waals surface area contributed by atoms with Crippen LogP contribution in [0.25, 0.3) is 20.2 Å². The smallest absolute Gasteiger partial charge is 0.142 e. The van der Waals surface area contributed by atoms with E-state index in [1.54, 1.807) is 11.3 Å². The molecule has 1 aliphatic heterocycles. The third-order valence-corrected chi connectivity index (χ3v) is 13.9. The number of hydrogen-bond donors (Lipinski definition) is 2. The Morgan fingerprint density at radius 1 is 0.473 bits per heavy atom. The molecule has 8 aromatic carbocycles. The van der Waals surface area contributed by atoms with Gasteiger partial charge in [-0.2, -0.15) is 0 Å². The molecule has 6 heteroatoms. The van der Waals surface area contributed by atoms with Crippen LogP contribution >= 0.6 is 19.6 Å². The van der Waals surface area contributed by atoms with Crippen molar-refractivity contribution in [3.05, 3.63) is 223 Å². The van der Waals surface area contributed by atoms with Crippen LogP contribution in [0.1, 0.15) is 16.7 Å². The Bertz CT molecular complexity index is 2710. The molecule has 55 heavy (non-hydrogen) atoms. The van der Waals surface area contributed by atoms with Crippen molar-refractivity contribution in [1.29, 1.82) is 0 Å². The zero-order valence-corrected chi connectivity index (χ0v) is 31.5. The molecule has 0 saturated carbocycles. The van der Waals surface area contributed by atoms with Crippen LogP contribution in [0, 0.1) is 0 Å². The van der Waals surface area contributed by atoms with Crippen LogP contribution in [0.5, 0.6) is 0 Å². The number of nitrogens with one attached hydrogen (secondary N) is 1. The third-order valence-electron chi connectivity index (χ3n) is 10.4. The Balaban J connectivity index is 1.16. The van der Waals surface area contributed by atoms with Gasteiger partial charge in [-0.05, 0) is 96.1 Å². The van der Waals surface area contributed by atoms with E-state index >= 15 is 0 Å². The number of fused-ring (bicyclic) bond motifs is 4. The van der Waals surface area contributed by atoms with Crippen molar-refractivity contribution in [3.63, 3.8) is 0 Å². The number of hydrogen-bond acceptors (Lipinski definition) is 5. The van der Waals surface area contributed by atoms with Crippen LogP contribution in [-0.4, -0.2) is 5.11 Å². The minimum Gasteiger partial charge on any atom is -0.376 e. The molecule has 1 aliphatic rings. The summed E-state index contributed by atoms with van der Waals surface area (Å²) in [5.41, 5.74) is 7.48. The van der Waals surface area contributed by atoms with E-state index in [0.29, 0.717) is 0 Å². The second kappa shape index (κ2) is 13.9. The maximum atomic E-state index is 13.3. The molecule has 10 rings (SSSR count). The molecule has 2 N–H and O–H groups in total. The van der Waals surface area contributed by atoms with Gasteiger partial charge in [0, 0.05) is 53.8 Å². The van der Waals surface area contributed by atoms with Gasteiger partial charge in [0.05, 0.1) is 11.4 Å². The van der Waals surface area contributed by atoms with Crippen molar-refractivity contribution in [2.45, 2.75) is 5.60 Å². The lowest BCUT2D eigenvalue weighted by Crippen LogP contribution is -2.29. The second-order valence-electron chi connectivity index (χ2n) is 13.7. The van der Waals surface area contributed by atoms with E-state index in [2.05, 4.69) is 136 Å². The SMILES string of the molecule is OC(c1ccccc1)(c1ccc2sc3ccc(P4N(c5ccccc5)c5ccccc5N4c4ccccc4)cc3c2c1)c1ccccc1Nc1ccccc1. The first-order valence-corrected chi connectivity index (χ1v) is 20.5. The summed E-state index contributed by atoms with van der Waals surface area (Å²) >= 11 is 1.80. The lowest BCUT2D eigenvalue weighted by Gasteiger charge is -2.33. The molecule has 0 spiro atoms. The number of rotatable bonds is 8. The predicted molar refractivity (Wildman–Crippen MR) is 234 cm³/mol. The zero-order chi connectivity index (χ0) is 36.8. The van der Waals surface area contributed by atoms with Gasteiger partial charge in [-0.1, -0.05) is 121 Å². The summed E-state index contributed by atoms with van der Waals surface area (Å²) in [6.45, 7) is 0. The summed E-state index contributed by atoms with van der Waals surface area (Å²) in [6.07, 6.45) is 0. The van der Waals surface area contributed by atoms with E-state index in [9.17, 15) is 5.11 Å². The summed E-state index contributed by atoms with van der Waals surface area (Å²) in [7, 11) is -1.07. The van der Waals surface area contributed by atoms with E-state index in [1.807, 2.05) is 84.9 Å². The molecule has 0 aliphatic carbocycles. The molecular weight excluding hydrogens is 710 g/mol. The van der Waals surface area contributed by atoms with Crippen LogP contribution in [0.2, 0.25) is 0 Å².